The number of carbonyl (C=O) groups excluding carboxylic acids is 1. The average Bonchev–Trinajstić information content (AvgIpc) is 3.34. The number of nitrogens with zero attached hydrogens (tertiary/aromatic N) is 4. The summed E-state index contributed by atoms with van der Waals surface area (Å²) in [4.78, 5) is 19.1. The number of aromatic nitrogens is 3. The van der Waals surface area contributed by atoms with Crippen molar-refractivity contribution in [1.82, 2.24) is 24.8 Å². The Balaban J connectivity index is 1.67. The first-order valence-corrected chi connectivity index (χ1v) is 8.78. The van der Waals surface area contributed by atoms with E-state index in [-0.39, 0.29) is 23.2 Å². The second kappa shape index (κ2) is 6.22. The number of hydrogen-bond donors (Lipinski definition) is 1. The molecule has 0 atom stereocenters. The first-order valence-electron chi connectivity index (χ1n) is 8.78. The summed E-state index contributed by atoms with van der Waals surface area (Å²) < 4.78 is 41.0. The molecule has 1 amide bonds. The molecule has 1 saturated heterocycles. The van der Waals surface area contributed by atoms with E-state index in [2.05, 4.69) is 20.3 Å². The van der Waals surface area contributed by atoms with Gasteiger partial charge in [0.05, 0.1) is 6.20 Å². The Hall–Kier alpha value is -2.16. The van der Waals surface area contributed by atoms with Gasteiger partial charge in [-0.2, -0.15) is 18.3 Å². The van der Waals surface area contributed by atoms with Crippen molar-refractivity contribution in [2.24, 2.45) is 0 Å². The van der Waals surface area contributed by atoms with Crippen LogP contribution in [0.15, 0.2) is 12.3 Å². The zero-order valence-corrected chi connectivity index (χ0v) is 14.4. The van der Waals surface area contributed by atoms with Crippen LogP contribution in [-0.2, 0) is 6.18 Å². The molecule has 2 aromatic heterocycles. The van der Waals surface area contributed by atoms with Crippen LogP contribution in [0.1, 0.15) is 53.3 Å². The first-order chi connectivity index (χ1) is 12.3. The summed E-state index contributed by atoms with van der Waals surface area (Å²) in [5.74, 6) is -0.371. The molecular formula is C17H20F3N5O. The van der Waals surface area contributed by atoms with Gasteiger partial charge >= 0.3 is 6.18 Å². The Labute approximate surface area is 148 Å². The van der Waals surface area contributed by atoms with Gasteiger partial charge in [-0.05, 0) is 51.9 Å². The summed E-state index contributed by atoms with van der Waals surface area (Å²) in [5, 5.41) is 6.71. The number of fused-ring (bicyclic) bond motifs is 1. The standard InChI is InChI=1S/C17H20F3N5O/c1-24-6-4-11(5-7-24)22-16(26)12-9-21-25-14(17(18,19)20)8-13(10-2-3-10)23-15(12)25/h8-11H,2-7H2,1H3,(H,22,26). The third kappa shape index (κ3) is 3.27. The molecule has 0 bridgehead atoms. The summed E-state index contributed by atoms with van der Waals surface area (Å²) >= 11 is 0. The maximum absolute atomic E-state index is 13.4. The molecule has 3 heterocycles. The highest BCUT2D eigenvalue weighted by Gasteiger charge is 2.38. The van der Waals surface area contributed by atoms with E-state index in [1.54, 1.807) is 0 Å². The van der Waals surface area contributed by atoms with Crippen LogP contribution in [0.2, 0.25) is 0 Å². The van der Waals surface area contributed by atoms with Crippen molar-refractivity contribution in [3.05, 3.63) is 29.2 Å². The van der Waals surface area contributed by atoms with Gasteiger partial charge in [-0.25, -0.2) is 9.50 Å². The molecule has 26 heavy (non-hydrogen) atoms. The van der Waals surface area contributed by atoms with Crippen LogP contribution in [0.4, 0.5) is 13.2 Å². The summed E-state index contributed by atoms with van der Waals surface area (Å²) in [6, 6.07) is 1.07. The minimum atomic E-state index is -4.56. The zero-order valence-electron chi connectivity index (χ0n) is 14.4. The summed E-state index contributed by atoms with van der Waals surface area (Å²) in [5.41, 5.74) is -0.425. The lowest BCUT2D eigenvalue weighted by atomic mass is 10.1. The van der Waals surface area contributed by atoms with Gasteiger partial charge in [0, 0.05) is 17.7 Å². The molecule has 9 heteroatoms. The number of piperidine rings is 1. The lowest BCUT2D eigenvalue weighted by Gasteiger charge is -2.29. The maximum Gasteiger partial charge on any atom is 0.433 e. The number of nitrogens with one attached hydrogen (secondary N) is 1. The van der Waals surface area contributed by atoms with Crippen LogP contribution < -0.4 is 5.32 Å². The smallest absolute Gasteiger partial charge is 0.349 e. The topological polar surface area (TPSA) is 62.5 Å². The molecule has 2 aliphatic rings. The minimum Gasteiger partial charge on any atom is -0.349 e. The van der Waals surface area contributed by atoms with Crippen LogP contribution in [0.5, 0.6) is 0 Å². The third-order valence-electron chi connectivity index (χ3n) is 5.08. The molecule has 1 saturated carbocycles. The molecular weight excluding hydrogens is 347 g/mol. The highest BCUT2D eigenvalue weighted by atomic mass is 19.4. The Morgan fingerprint density at radius 3 is 2.54 bits per heavy atom. The summed E-state index contributed by atoms with van der Waals surface area (Å²) in [6.45, 7) is 1.75. The van der Waals surface area contributed by atoms with Gasteiger partial charge < -0.3 is 10.2 Å². The summed E-state index contributed by atoms with van der Waals surface area (Å²) in [6.07, 6.45) is -0.0967. The van der Waals surface area contributed by atoms with E-state index < -0.39 is 17.8 Å². The molecule has 1 aliphatic carbocycles. The molecule has 1 N–H and O–H groups in total. The van der Waals surface area contributed by atoms with E-state index in [0.717, 1.165) is 49.4 Å². The monoisotopic (exact) mass is 367 g/mol. The molecule has 4 rings (SSSR count). The van der Waals surface area contributed by atoms with Crippen molar-refractivity contribution in [3.63, 3.8) is 0 Å². The van der Waals surface area contributed by atoms with Crippen molar-refractivity contribution in [2.45, 2.75) is 43.8 Å². The molecule has 6 nitrogen and oxygen atoms in total. The van der Waals surface area contributed by atoms with Crippen LogP contribution >= 0.6 is 0 Å². The number of alkyl halides is 3. The number of carbonyl (C=O) groups is 1. The number of amides is 1. The number of hydrogen-bond acceptors (Lipinski definition) is 4. The minimum absolute atomic E-state index is 0.0161. The Bertz CT molecular complexity index is 835. The van der Waals surface area contributed by atoms with E-state index in [1.807, 2.05) is 7.05 Å². The Morgan fingerprint density at radius 2 is 1.92 bits per heavy atom. The van der Waals surface area contributed by atoms with Crippen molar-refractivity contribution in [2.75, 3.05) is 20.1 Å². The molecule has 1 aliphatic heterocycles. The quantitative estimate of drug-likeness (QED) is 0.905. The Morgan fingerprint density at radius 1 is 1.23 bits per heavy atom. The fourth-order valence-electron chi connectivity index (χ4n) is 3.35. The number of rotatable bonds is 3. The van der Waals surface area contributed by atoms with E-state index in [9.17, 15) is 18.0 Å². The predicted molar refractivity (Wildman–Crippen MR) is 87.9 cm³/mol. The highest BCUT2D eigenvalue weighted by molar-refractivity contribution is 5.99. The van der Waals surface area contributed by atoms with Crippen molar-refractivity contribution in [1.29, 1.82) is 0 Å². The van der Waals surface area contributed by atoms with Crippen LogP contribution in [0.3, 0.4) is 0 Å². The van der Waals surface area contributed by atoms with Crippen LogP contribution in [-0.4, -0.2) is 51.6 Å². The summed E-state index contributed by atoms with van der Waals surface area (Å²) in [7, 11) is 2.02. The molecule has 140 valence electrons. The van der Waals surface area contributed by atoms with Gasteiger partial charge in [0.25, 0.3) is 5.91 Å². The molecule has 2 aromatic rings. The van der Waals surface area contributed by atoms with Crippen LogP contribution in [0.25, 0.3) is 5.65 Å². The molecule has 0 aromatic carbocycles. The van der Waals surface area contributed by atoms with Gasteiger partial charge in [-0.3, -0.25) is 4.79 Å². The van der Waals surface area contributed by atoms with Gasteiger partial charge in [0.2, 0.25) is 0 Å². The van der Waals surface area contributed by atoms with Crippen molar-refractivity contribution >= 4 is 11.6 Å². The van der Waals surface area contributed by atoms with E-state index in [1.165, 1.54) is 6.20 Å². The predicted octanol–water partition coefficient (Wildman–Crippen LogP) is 2.45. The van der Waals surface area contributed by atoms with Gasteiger partial charge in [-0.1, -0.05) is 0 Å². The Kier molecular flexibility index (Phi) is 4.13. The van der Waals surface area contributed by atoms with Gasteiger partial charge in [-0.15, -0.1) is 0 Å². The first kappa shape index (κ1) is 17.3. The average molecular weight is 367 g/mol. The van der Waals surface area contributed by atoms with Gasteiger partial charge in [0.15, 0.2) is 5.65 Å². The zero-order chi connectivity index (χ0) is 18.5. The fourth-order valence-corrected chi connectivity index (χ4v) is 3.35. The number of likely N-dealkylation sites (tertiary alicyclic amines) is 1. The van der Waals surface area contributed by atoms with E-state index in [4.69, 9.17) is 0 Å². The highest BCUT2D eigenvalue weighted by Crippen LogP contribution is 2.41. The van der Waals surface area contributed by atoms with E-state index >= 15 is 0 Å². The molecule has 0 spiro atoms. The SMILES string of the molecule is CN1CCC(NC(=O)c2cnn3c(C(F)(F)F)cc(C4CC4)nc23)CC1. The molecule has 0 unspecified atom stereocenters. The lowest BCUT2D eigenvalue weighted by Crippen LogP contribution is -2.43. The van der Waals surface area contributed by atoms with Crippen molar-refractivity contribution in [3.8, 4) is 0 Å². The van der Waals surface area contributed by atoms with Crippen molar-refractivity contribution < 1.29 is 18.0 Å². The number of halogens is 3. The molecule has 0 radical (unpaired) electrons. The molecule has 2 fully saturated rings. The van der Waals surface area contributed by atoms with Gasteiger partial charge in [0.1, 0.15) is 11.3 Å². The second-order valence-electron chi connectivity index (χ2n) is 7.18. The van der Waals surface area contributed by atoms with Crippen LogP contribution in [0, 0.1) is 0 Å². The van der Waals surface area contributed by atoms with E-state index in [0.29, 0.717) is 5.69 Å². The lowest BCUT2D eigenvalue weighted by molar-refractivity contribution is -0.142. The normalized spacial score (nSPS) is 19.8. The second-order valence-corrected chi connectivity index (χ2v) is 7.18. The maximum atomic E-state index is 13.4. The fraction of sp³-hybridized carbons (Fsp3) is 0.588. The largest absolute Gasteiger partial charge is 0.433 e. The third-order valence-corrected chi connectivity index (χ3v) is 5.08.